The van der Waals surface area contributed by atoms with Crippen molar-refractivity contribution in [1.82, 2.24) is 29.7 Å². The second kappa shape index (κ2) is 14.3. The molecule has 0 spiro atoms. The minimum Gasteiger partial charge on any atom is -0.497 e. The summed E-state index contributed by atoms with van der Waals surface area (Å²) in [7, 11) is 3.10. The van der Waals surface area contributed by atoms with Crippen LogP contribution in [0, 0.1) is 5.82 Å². The van der Waals surface area contributed by atoms with Crippen molar-refractivity contribution in [3.05, 3.63) is 89.9 Å². The molecule has 0 radical (unpaired) electrons. The second-order valence-corrected chi connectivity index (χ2v) is 11.3. The molecular formula is C33H40FN7O3. The van der Waals surface area contributed by atoms with E-state index in [1.165, 1.54) is 13.2 Å². The first-order chi connectivity index (χ1) is 21.3. The van der Waals surface area contributed by atoms with Gasteiger partial charge in [-0.1, -0.05) is 32.0 Å². The van der Waals surface area contributed by atoms with Gasteiger partial charge in [-0.2, -0.15) is 4.98 Å². The lowest BCUT2D eigenvalue weighted by molar-refractivity contribution is -0.122. The predicted molar refractivity (Wildman–Crippen MR) is 167 cm³/mol. The number of halogens is 1. The number of aromatic nitrogens is 4. The van der Waals surface area contributed by atoms with Crippen molar-refractivity contribution in [1.29, 1.82) is 0 Å². The zero-order chi connectivity index (χ0) is 31.1. The average Bonchev–Trinajstić information content (AvgIpc) is 3.57. The van der Waals surface area contributed by atoms with Crippen LogP contribution in [-0.4, -0.2) is 76.8 Å². The van der Waals surface area contributed by atoms with E-state index in [-0.39, 0.29) is 23.6 Å². The highest BCUT2D eigenvalue weighted by atomic mass is 19.1. The zero-order valence-electron chi connectivity index (χ0n) is 25.7. The second-order valence-electron chi connectivity index (χ2n) is 11.3. The Morgan fingerprint density at radius 1 is 1.05 bits per heavy atom. The standard InChI is InChI=1S/C33H40FN7O3/c1-23(2)29-19-31(38-33(37-29)41-14-13-35-22-41)40-16-15-39(20-25-7-10-30(44-4)28(34)17-25)26(21-40)18-32(42)36-12-11-24-5-8-27(43-3)9-6-24/h5-10,13-14,17,19,22-23,26H,11-12,15-16,18,20-21H2,1-4H3,(H,36,42). The molecule has 3 heterocycles. The fourth-order valence-corrected chi connectivity index (χ4v) is 5.36. The molecule has 10 nitrogen and oxygen atoms in total. The molecule has 2 aromatic heterocycles. The van der Waals surface area contributed by atoms with Crippen molar-refractivity contribution >= 4 is 11.7 Å². The van der Waals surface area contributed by atoms with E-state index < -0.39 is 5.82 Å². The highest BCUT2D eigenvalue weighted by molar-refractivity contribution is 5.76. The molecule has 1 N–H and O–H groups in total. The normalized spacial score (nSPS) is 15.4. The maximum Gasteiger partial charge on any atom is 0.237 e. The molecule has 1 unspecified atom stereocenters. The number of amides is 1. The predicted octanol–water partition coefficient (Wildman–Crippen LogP) is 4.38. The summed E-state index contributed by atoms with van der Waals surface area (Å²) in [5, 5.41) is 3.09. The Bertz CT molecular complexity index is 1530. The van der Waals surface area contributed by atoms with E-state index in [0.29, 0.717) is 45.1 Å². The van der Waals surface area contributed by atoms with Crippen LogP contribution in [-0.2, 0) is 17.8 Å². The van der Waals surface area contributed by atoms with Gasteiger partial charge in [0.25, 0.3) is 0 Å². The van der Waals surface area contributed by atoms with Gasteiger partial charge in [0.15, 0.2) is 11.6 Å². The molecule has 4 aromatic rings. The number of hydrogen-bond donors (Lipinski definition) is 1. The van der Waals surface area contributed by atoms with Gasteiger partial charge in [-0.15, -0.1) is 0 Å². The molecule has 1 saturated heterocycles. The van der Waals surface area contributed by atoms with E-state index in [1.807, 2.05) is 42.6 Å². The number of hydrogen-bond acceptors (Lipinski definition) is 8. The molecule has 44 heavy (non-hydrogen) atoms. The van der Waals surface area contributed by atoms with Crippen LogP contribution in [0.1, 0.15) is 43.0 Å². The van der Waals surface area contributed by atoms with Gasteiger partial charge >= 0.3 is 0 Å². The summed E-state index contributed by atoms with van der Waals surface area (Å²) in [5.41, 5.74) is 2.88. The minimum absolute atomic E-state index is 0.0269. The van der Waals surface area contributed by atoms with Crippen molar-refractivity contribution in [2.75, 3.05) is 45.3 Å². The third kappa shape index (κ3) is 7.71. The van der Waals surface area contributed by atoms with Crippen LogP contribution in [0.4, 0.5) is 10.2 Å². The van der Waals surface area contributed by atoms with Crippen LogP contribution >= 0.6 is 0 Å². The van der Waals surface area contributed by atoms with Gasteiger partial charge in [-0.25, -0.2) is 14.4 Å². The van der Waals surface area contributed by atoms with E-state index in [4.69, 9.17) is 19.4 Å². The van der Waals surface area contributed by atoms with Gasteiger partial charge < -0.3 is 19.7 Å². The molecule has 11 heteroatoms. The Morgan fingerprint density at radius 3 is 2.52 bits per heavy atom. The molecular weight excluding hydrogens is 561 g/mol. The van der Waals surface area contributed by atoms with Crippen molar-refractivity contribution < 1.29 is 18.7 Å². The number of methoxy groups -OCH3 is 2. The zero-order valence-corrected chi connectivity index (χ0v) is 25.7. The van der Waals surface area contributed by atoms with Crippen molar-refractivity contribution in [2.24, 2.45) is 0 Å². The van der Waals surface area contributed by atoms with E-state index in [9.17, 15) is 9.18 Å². The molecule has 2 aromatic carbocycles. The summed E-state index contributed by atoms with van der Waals surface area (Å²) in [5.74, 6) is 2.17. The highest BCUT2D eigenvalue weighted by Gasteiger charge is 2.30. The number of imidazole rings is 1. The van der Waals surface area contributed by atoms with Gasteiger partial charge in [-0.05, 0) is 47.7 Å². The Morgan fingerprint density at radius 2 is 1.84 bits per heavy atom. The smallest absolute Gasteiger partial charge is 0.237 e. The van der Waals surface area contributed by atoms with Crippen LogP contribution in [0.5, 0.6) is 11.5 Å². The average molecular weight is 602 g/mol. The summed E-state index contributed by atoms with van der Waals surface area (Å²) in [6, 6.07) is 14.8. The third-order valence-electron chi connectivity index (χ3n) is 7.89. The number of nitrogens with one attached hydrogen (secondary N) is 1. The number of nitrogens with zero attached hydrogens (tertiary/aromatic N) is 6. The first-order valence-electron chi connectivity index (χ1n) is 14.9. The van der Waals surface area contributed by atoms with Crippen LogP contribution in [0.2, 0.25) is 0 Å². The molecule has 0 bridgehead atoms. The van der Waals surface area contributed by atoms with Gasteiger partial charge in [0.2, 0.25) is 11.9 Å². The van der Waals surface area contributed by atoms with E-state index in [0.717, 1.165) is 34.8 Å². The van der Waals surface area contributed by atoms with Gasteiger partial charge in [0.05, 0.1) is 19.9 Å². The fraction of sp³-hybridized carbons (Fsp3) is 0.394. The van der Waals surface area contributed by atoms with Gasteiger partial charge in [0, 0.05) is 63.6 Å². The lowest BCUT2D eigenvalue weighted by Crippen LogP contribution is -2.54. The van der Waals surface area contributed by atoms with Crippen molar-refractivity contribution in [2.45, 2.75) is 45.2 Å². The van der Waals surface area contributed by atoms with Gasteiger partial charge in [0.1, 0.15) is 17.9 Å². The topological polar surface area (TPSA) is 97.6 Å². The molecule has 0 aliphatic carbocycles. The van der Waals surface area contributed by atoms with Crippen LogP contribution in [0.3, 0.4) is 0 Å². The maximum absolute atomic E-state index is 14.5. The van der Waals surface area contributed by atoms with Crippen molar-refractivity contribution in [3.63, 3.8) is 0 Å². The molecule has 1 atom stereocenters. The number of rotatable bonds is 12. The van der Waals surface area contributed by atoms with Crippen LogP contribution in [0.25, 0.3) is 5.95 Å². The molecule has 1 aliphatic rings. The summed E-state index contributed by atoms with van der Waals surface area (Å²) < 4.78 is 26.7. The Hall–Kier alpha value is -4.51. The molecule has 1 amide bonds. The number of piperazine rings is 1. The van der Waals surface area contributed by atoms with E-state index >= 15 is 0 Å². The Kier molecular flexibility index (Phi) is 10.1. The highest BCUT2D eigenvalue weighted by Crippen LogP contribution is 2.26. The fourth-order valence-electron chi connectivity index (χ4n) is 5.36. The number of benzene rings is 2. The lowest BCUT2D eigenvalue weighted by Gasteiger charge is -2.42. The largest absolute Gasteiger partial charge is 0.497 e. The molecule has 1 fully saturated rings. The number of carbonyl (C=O) groups is 1. The number of anilines is 1. The van der Waals surface area contributed by atoms with Gasteiger partial charge in [-0.3, -0.25) is 14.3 Å². The quantitative estimate of drug-likeness (QED) is 0.256. The SMILES string of the molecule is COc1ccc(CCNC(=O)CC2CN(c3cc(C(C)C)nc(-n4ccnc4)n3)CCN2Cc2ccc(OC)c(F)c2)cc1. The molecule has 5 rings (SSSR count). The van der Waals surface area contributed by atoms with E-state index in [2.05, 4.69) is 33.9 Å². The monoisotopic (exact) mass is 601 g/mol. The maximum atomic E-state index is 14.5. The molecule has 1 aliphatic heterocycles. The molecule has 232 valence electrons. The third-order valence-corrected chi connectivity index (χ3v) is 7.89. The summed E-state index contributed by atoms with van der Waals surface area (Å²) in [4.78, 5) is 31.5. The van der Waals surface area contributed by atoms with Crippen LogP contribution < -0.4 is 19.7 Å². The Balaban J connectivity index is 1.32. The summed E-state index contributed by atoms with van der Waals surface area (Å²) in [6.45, 7) is 7.22. The number of carbonyl (C=O) groups excluding carboxylic acids is 1. The van der Waals surface area contributed by atoms with Crippen molar-refractivity contribution in [3.8, 4) is 17.4 Å². The first kappa shape index (κ1) is 30.9. The van der Waals surface area contributed by atoms with Crippen LogP contribution in [0.15, 0.2) is 67.3 Å². The number of ether oxygens (including phenoxy) is 2. The Labute approximate surface area is 257 Å². The lowest BCUT2D eigenvalue weighted by atomic mass is 10.0. The summed E-state index contributed by atoms with van der Waals surface area (Å²) in [6.07, 6.45) is 6.24. The van der Waals surface area contributed by atoms with E-state index in [1.54, 1.807) is 30.3 Å². The molecule has 0 saturated carbocycles. The summed E-state index contributed by atoms with van der Waals surface area (Å²) >= 11 is 0. The first-order valence-corrected chi connectivity index (χ1v) is 14.9. The minimum atomic E-state index is -0.398.